The quantitative estimate of drug-likeness (QED) is 0.784. The van der Waals surface area contributed by atoms with Gasteiger partial charge in [0.2, 0.25) is 5.91 Å². The molecule has 5 nitrogen and oxygen atoms in total. The third-order valence-electron chi connectivity index (χ3n) is 3.82. The molecule has 0 aromatic heterocycles. The van der Waals surface area contributed by atoms with Crippen molar-refractivity contribution in [2.45, 2.75) is 45.4 Å². The molecule has 1 amide bonds. The summed E-state index contributed by atoms with van der Waals surface area (Å²) in [6.45, 7) is 4.87. The van der Waals surface area contributed by atoms with Gasteiger partial charge in [-0.2, -0.15) is 0 Å². The van der Waals surface area contributed by atoms with E-state index in [0.29, 0.717) is 0 Å². The first-order valence-corrected chi connectivity index (χ1v) is 7.82. The monoisotopic (exact) mass is 304 g/mol. The number of nitrogens with one attached hydrogen (secondary N) is 2. The van der Waals surface area contributed by atoms with Crippen LogP contribution in [-0.4, -0.2) is 30.5 Å². The molecule has 2 atom stereocenters. The molecule has 0 aliphatic carbocycles. The summed E-state index contributed by atoms with van der Waals surface area (Å²) in [5.41, 5.74) is 0.933. The van der Waals surface area contributed by atoms with Crippen molar-refractivity contribution in [1.82, 2.24) is 10.6 Å². The van der Waals surface area contributed by atoms with Crippen molar-refractivity contribution in [3.8, 4) is 0 Å². The predicted octanol–water partition coefficient (Wildman–Crippen LogP) is 1.62. The molecule has 1 aromatic carbocycles. The molecule has 1 heterocycles. The number of ether oxygens (including phenoxy) is 1. The van der Waals surface area contributed by atoms with Crippen LogP contribution in [0.4, 0.5) is 0 Å². The van der Waals surface area contributed by atoms with Crippen molar-refractivity contribution in [2.75, 3.05) is 6.54 Å². The topological polar surface area (TPSA) is 67.4 Å². The Balaban J connectivity index is 1.89. The molecule has 120 valence electrons. The number of esters is 1. The Labute approximate surface area is 131 Å². The van der Waals surface area contributed by atoms with E-state index in [9.17, 15) is 9.59 Å². The molecule has 1 aliphatic rings. The first-order valence-electron chi connectivity index (χ1n) is 7.82. The largest absolute Gasteiger partial charge is 0.459 e. The number of carbonyl (C=O) groups excluding carboxylic acids is 2. The lowest BCUT2D eigenvalue weighted by Gasteiger charge is -2.22. The fourth-order valence-electron chi connectivity index (χ4n) is 2.48. The SMILES string of the molecule is CC(C)C(NC(=O)[C@@H]1CCCN1)C(=O)OCc1ccccc1. The Kier molecular flexibility index (Phi) is 5.95. The van der Waals surface area contributed by atoms with Gasteiger partial charge in [-0.05, 0) is 30.9 Å². The Morgan fingerprint density at radius 3 is 2.64 bits per heavy atom. The summed E-state index contributed by atoms with van der Waals surface area (Å²) in [6, 6.07) is 8.71. The van der Waals surface area contributed by atoms with Crippen LogP contribution in [0.2, 0.25) is 0 Å². The summed E-state index contributed by atoms with van der Waals surface area (Å²) in [4.78, 5) is 24.4. The van der Waals surface area contributed by atoms with E-state index in [-0.39, 0.29) is 30.4 Å². The van der Waals surface area contributed by atoms with E-state index in [0.717, 1.165) is 24.9 Å². The van der Waals surface area contributed by atoms with Crippen LogP contribution >= 0.6 is 0 Å². The fourth-order valence-corrected chi connectivity index (χ4v) is 2.48. The minimum atomic E-state index is -0.612. The van der Waals surface area contributed by atoms with Gasteiger partial charge >= 0.3 is 5.97 Å². The summed E-state index contributed by atoms with van der Waals surface area (Å²) >= 11 is 0. The van der Waals surface area contributed by atoms with Gasteiger partial charge in [0.05, 0.1) is 6.04 Å². The van der Waals surface area contributed by atoms with Crippen LogP contribution in [0.3, 0.4) is 0 Å². The second kappa shape index (κ2) is 7.94. The van der Waals surface area contributed by atoms with Gasteiger partial charge in [-0.15, -0.1) is 0 Å². The molecule has 1 fully saturated rings. The number of hydrogen-bond donors (Lipinski definition) is 2. The summed E-state index contributed by atoms with van der Waals surface area (Å²) in [6.07, 6.45) is 1.80. The van der Waals surface area contributed by atoms with E-state index in [1.165, 1.54) is 0 Å². The molecule has 1 aromatic rings. The van der Waals surface area contributed by atoms with Crippen molar-refractivity contribution in [1.29, 1.82) is 0 Å². The molecular formula is C17H24N2O3. The second-order valence-electron chi connectivity index (χ2n) is 5.97. The van der Waals surface area contributed by atoms with Crippen LogP contribution in [0.15, 0.2) is 30.3 Å². The lowest BCUT2D eigenvalue weighted by Crippen LogP contribution is -2.50. The van der Waals surface area contributed by atoms with Crippen molar-refractivity contribution in [3.05, 3.63) is 35.9 Å². The molecule has 0 radical (unpaired) electrons. The highest BCUT2D eigenvalue weighted by Gasteiger charge is 2.30. The zero-order valence-corrected chi connectivity index (χ0v) is 13.2. The molecule has 2 N–H and O–H groups in total. The van der Waals surface area contributed by atoms with Crippen LogP contribution in [0.5, 0.6) is 0 Å². The molecule has 0 saturated carbocycles. The first-order chi connectivity index (χ1) is 10.6. The summed E-state index contributed by atoms with van der Waals surface area (Å²) in [7, 11) is 0. The first kappa shape index (κ1) is 16.5. The van der Waals surface area contributed by atoms with Crippen LogP contribution in [0.1, 0.15) is 32.3 Å². The molecular weight excluding hydrogens is 280 g/mol. The average Bonchev–Trinajstić information content (AvgIpc) is 3.05. The van der Waals surface area contributed by atoms with E-state index < -0.39 is 6.04 Å². The Morgan fingerprint density at radius 1 is 1.32 bits per heavy atom. The molecule has 2 rings (SSSR count). The lowest BCUT2D eigenvalue weighted by molar-refractivity contribution is -0.150. The van der Waals surface area contributed by atoms with Gasteiger partial charge in [0.15, 0.2) is 0 Å². The summed E-state index contributed by atoms with van der Waals surface area (Å²) in [5.74, 6) is -0.522. The fraction of sp³-hybridized carbons (Fsp3) is 0.529. The van der Waals surface area contributed by atoms with Crippen molar-refractivity contribution in [2.24, 2.45) is 5.92 Å². The minimum absolute atomic E-state index is 0.0198. The normalized spacial score (nSPS) is 19.0. The predicted molar refractivity (Wildman–Crippen MR) is 84.0 cm³/mol. The van der Waals surface area contributed by atoms with Crippen LogP contribution in [0, 0.1) is 5.92 Å². The van der Waals surface area contributed by atoms with E-state index in [1.807, 2.05) is 44.2 Å². The maximum Gasteiger partial charge on any atom is 0.329 e. The second-order valence-corrected chi connectivity index (χ2v) is 5.97. The number of rotatable bonds is 6. The number of amides is 1. The third kappa shape index (κ3) is 4.56. The molecule has 1 aliphatic heterocycles. The molecule has 1 saturated heterocycles. The van der Waals surface area contributed by atoms with Gasteiger partial charge in [0.1, 0.15) is 12.6 Å². The van der Waals surface area contributed by atoms with E-state index in [2.05, 4.69) is 10.6 Å². The molecule has 22 heavy (non-hydrogen) atoms. The summed E-state index contributed by atoms with van der Waals surface area (Å²) in [5, 5.41) is 5.95. The molecule has 1 unspecified atom stereocenters. The van der Waals surface area contributed by atoms with Crippen molar-refractivity contribution < 1.29 is 14.3 Å². The van der Waals surface area contributed by atoms with Gasteiger partial charge in [-0.3, -0.25) is 4.79 Å². The van der Waals surface area contributed by atoms with Gasteiger partial charge in [0, 0.05) is 0 Å². The summed E-state index contributed by atoms with van der Waals surface area (Å²) < 4.78 is 5.34. The minimum Gasteiger partial charge on any atom is -0.459 e. The van der Waals surface area contributed by atoms with Crippen molar-refractivity contribution >= 4 is 11.9 Å². The standard InChI is InChI=1S/C17H24N2O3/c1-12(2)15(19-16(20)14-9-6-10-18-14)17(21)22-11-13-7-4-3-5-8-13/h3-5,7-8,12,14-15,18H,6,9-11H2,1-2H3,(H,19,20)/t14-,15?/m0/s1. The molecule has 0 spiro atoms. The van der Waals surface area contributed by atoms with Crippen LogP contribution in [-0.2, 0) is 20.9 Å². The van der Waals surface area contributed by atoms with Crippen molar-refractivity contribution in [3.63, 3.8) is 0 Å². The number of carbonyl (C=O) groups is 2. The van der Waals surface area contributed by atoms with Crippen LogP contribution < -0.4 is 10.6 Å². The lowest BCUT2D eigenvalue weighted by atomic mass is 10.0. The smallest absolute Gasteiger partial charge is 0.329 e. The van der Waals surface area contributed by atoms with E-state index in [1.54, 1.807) is 0 Å². The maximum absolute atomic E-state index is 12.3. The van der Waals surface area contributed by atoms with Gasteiger partial charge in [-0.25, -0.2) is 4.79 Å². The number of hydrogen-bond acceptors (Lipinski definition) is 4. The number of benzene rings is 1. The molecule has 0 bridgehead atoms. The average molecular weight is 304 g/mol. The highest BCUT2D eigenvalue weighted by Crippen LogP contribution is 2.10. The Morgan fingerprint density at radius 2 is 2.05 bits per heavy atom. The highest BCUT2D eigenvalue weighted by molar-refractivity contribution is 5.87. The van der Waals surface area contributed by atoms with Crippen LogP contribution in [0.25, 0.3) is 0 Å². The maximum atomic E-state index is 12.3. The van der Waals surface area contributed by atoms with E-state index in [4.69, 9.17) is 4.74 Å². The zero-order valence-electron chi connectivity index (χ0n) is 13.2. The third-order valence-corrected chi connectivity index (χ3v) is 3.82. The Bertz CT molecular complexity index is 496. The van der Waals surface area contributed by atoms with E-state index >= 15 is 0 Å². The van der Waals surface area contributed by atoms with Gasteiger partial charge in [0.25, 0.3) is 0 Å². The molecule has 5 heteroatoms. The van der Waals surface area contributed by atoms with Gasteiger partial charge in [-0.1, -0.05) is 44.2 Å². The zero-order chi connectivity index (χ0) is 15.9. The Hall–Kier alpha value is -1.88. The van der Waals surface area contributed by atoms with Gasteiger partial charge < -0.3 is 15.4 Å². The highest BCUT2D eigenvalue weighted by atomic mass is 16.5.